The van der Waals surface area contributed by atoms with Crippen LogP contribution in [-0.2, 0) is 5.60 Å². The molecule has 0 aliphatic carbocycles. The van der Waals surface area contributed by atoms with E-state index >= 15 is 0 Å². The van der Waals surface area contributed by atoms with Gasteiger partial charge >= 0.3 is 0 Å². The number of hydrogen-bond acceptors (Lipinski definition) is 3. The minimum absolute atomic E-state index is 0.325. The average Bonchev–Trinajstić information content (AvgIpc) is 2.46. The Balaban J connectivity index is 2.65. The van der Waals surface area contributed by atoms with Gasteiger partial charge in [0.05, 0.1) is 6.54 Å². The van der Waals surface area contributed by atoms with E-state index in [9.17, 15) is 5.11 Å². The Kier molecular flexibility index (Phi) is 7.47. The summed E-state index contributed by atoms with van der Waals surface area (Å²) in [6.07, 6.45) is 2.08. The number of guanidine groups is 1. The first kappa shape index (κ1) is 16.9. The van der Waals surface area contributed by atoms with Crippen molar-refractivity contribution in [2.24, 2.45) is 4.99 Å². The molecule has 20 heavy (non-hydrogen) atoms. The fourth-order valence-electron chi connectivity index (χ4n) is 1.73. The molecule has 0 heterocycles. The van der Waals surface area contributed by atoms with E-state index in [1.54, 1.807) is 18.7 Å². The van der Waals surface area contributed by atoms with Crippen LogP contribution in [0.5, 0.6) is 0 Å². The van der Waals surface area contributed by atoms with Gasteiger partial charge in [-0.2, -0.15) is 11.8 Å². The summed E-state index contributed by atoms with van der Waals surface area (Å²) in [6, 6.07) is 9.63. The summed E-state index contributed by atoms with van der Waals surface area (Å²) >= 11 is 1.79. The van der Waals surface area contributed by atoms with Gasteiger partial charge in [-0.15, -0.1) is 0 Å². The Morgan fingerprint density at radius 3 is 2.60 bits per heavy atom. The second kappa shape index (κ2) is 8.87. The molecule has 0 saturated heterocycles. The Morgan fingerprint density at radius 1 is 1.30 bits per heavy atom. The van der Waals surface area contributed by atoms with Gasteiger partial charge in [-0.1, -0.05) is 30.3 Å². The molecule has 0 radical (unpaired) electrons. The maximum absolute atomic E-state index is 10.5. The molecule has 0 aliphatic rings. The highest BCUT2D eigenvalue weighted by Crippen LogP contribution is 2.20. The molecule has 0 saturated carbocycles. The van der Waals surface area contributed by atoms with Gasteiger partial charge in [0.1, 0.15) is 5.60 Å². The van der Waals surface area contributed by atoms with E-state index in [1.165, 1.54) is 0 Å². The molecule has 0 aliphatic heterocycles. The van der Waals surface area contributed by atoms with E-state index in [2.05, 4.69) is 21.9 Å². The van der Waals surface area contributed by atoms with E-state index in [0.29, 0.717) is 6.54 Å². The first-order chi connectivity index (χ1) is 9.60. The van der Waals surface area contributed by atoms with Gasteiger partial charge in [-0.05, 0) is 25.7 Å². The quantitative estimate of drug-likeness (QED) is 0.408. The number of nitrogens with one attached hydrogen (secondary N) is 2. The maximum Gasteiger partial charge on any atom is 0.191 e. The molecule has 1 atom stereocenters. The Bertz CT molecular complexity index is 407. The number of thioether (sulfide) groups is 1. The van der Waals surface area contributed by atoms with E-state index in [1.807, 2.05) is 37.3 Å². The molecule has 1 rings (SSSR count). The molecule has 0 fully saturated rings. The van der Waals surface area contributed by atoms with Gasteiger partial charge in [0.15, 0.2) is 5.96 Å². The summed E-state index contributed by atoms with van der Waals surface area (Å²) in [5.74, 6) is 1.78. The molecule has 1 unspecified atom stereocenters. The molecule has 5 heteroatoms. The zero-order valence-corrected chi connectivity index (χ0v) is 13.3. The smallest absolute Gasteiger partial charge is 0.191 e. The summed E-state index contributed by atoms with van der Waals surface area (Å²) in [6.45, 7) is 5.81. The summed E-state index contributed by atoms with van der Waals surface area (Å²) in [5.41, 5.74) is -0.0768. The van der Waals surface area contributed by atoms with Crippen molar-refractivity contribution in [3.05, 3.63) is 35.9 Å². The van der Waals surface area contributed by atoms with Crippen LogP contribution in [0, 0.1) is 0 Å². The molecule has 3 N–H and O–H groups in total. The predicted molar refractivity (Wildman–Crippen MR) is 88.4 cm³/mol. The van der Waals surface area contributed by atoms with Crippen molar-refractivity contribution >= 4 is 17.7 Å². The third-order valence-corrected chi connectivity index (χ3v) is 3.50. The lowest BCUT2D eigenvalue weighted by atomic mass is 9.96. The van der Waals surface area contributed by atoms with Crippen LogP contribution < -0.4 is 10.6 Å². The van der Waals surface area contributed by atoms with Gasteiger partial charge in [-0.25, -0.2) is 4.99 Å². The fraction of sp³-hybridized carbons (Fsp3) is 0.533. The van der Waals surface area contributed by atoms with Gasteiger partial charge in [0.2, 0.25) is 0 Å². The van der Waals surface area contributed by atoms with Crippen LogP contribution in [0.15, 0.2) is 35.3 Å². The van der Waals surface area contributed by atoms with Crippen LogP contribution in [-0.4, -0.2) is 42.7 Å². The molecule has 4 nitrogen and oxygen atoms in total. The van der Waals surface area contributed by atoms with Crippen molar-refractivity contribution in [2.45, 2.75) is 19.4 Å². The minimum Gasteiger partial charge on any atom is -0.384 e. The van der Waals surface area contributed by atoms with E-state index in [0.717, 1.165) is 30.4 Å². The van der Waals surface area contributed by atoms with Gasteiger partial charge in [0, 0.05) is 18.8 Å². The topological polar surface area (TPSA) is 56.7 Å². The summed E-state index contributed by atoms with van der Waals surface area (Å²) < 4.78 is 0. The van der Waals surface area contributed by atoms with Crippen molar-refractivity contribution in [3.63, 3.8) is 0 Å². The Morgan fingerprint density at radius 2 is 2.00 bits per heavy atom. The van der Waals surface area contributed by atoms with E-state index in [-0.39, 0.29) is 0 Å². The van der Waals surface area contributed by atoms with Crippen LogP contribution >= 0.6 is 11.8 Å². The number of hydrogen-bond donors (Lipinski definition) is 3. The van der Waals surface area contributed by atoms with Crippen molar-refractivity contribution in [1.82, 2.24) is 10.6 Å². The number of aliphatic hydroxyl groups is 1. The van der Waals surface area contributed by atoms with Gasteiger partial charge < -0.3 is 15.7 Å². The average molecular weight is 295 g/mol. The molecule has 0 spiro atoms. The van der Waals surface area contributed by atoms with E-state index < -0.39 is 5.60 Å². The van der Waals surface area contributed by atoms with Crippen LogP contribution in [0.2, 0.25) is 0 Å². The normalized spacial score (nSPS) is 14.7. The minimum atomic E-state index is -0.955. The zero-order valence-electron chi connectivity index (χ0n) is 12.5. The van der Waals surface area contributed by atoms with Crippen molar-refractivity contribution in [3.8, 4) is 0 Å². The lowest BCUT2D eigenvalue weighted by Gasteiger charge is -2.22. The molecule has 1 aromatic rings. The summed E-state index contributed by atoms with van der Waals surface area (Å²) in [4.78, 5) is 4.47. The maximum atomic E-state index is 10.5. The van der Waals surface area contributed by atoms with Crippen molar-refractivity contribution in [1.29, 1.82) is 0 Å². The third-order valence-electron chi connectivity index (χ3n) is 2.88. The lowest BCUT2D eigenvalue weighted by molar-refractivity contribution is 0.0672. The van der Waals surface area contributed by atoms with Crippen molar-refractivity contribution < 1.29 is 5.11 Å². The number of nitrogens with zero attached hydrogens (tertiary/aromatic N) is 1. The summed E-state index contributed by atoms with van der Waals surface area (Å²) in [7, 11) is 0. The lowest BCUT2D eigenvalue weighted by Crippen LogP contribution is -2.39. The zero-order chi connectivity index (χ0) is 14.8. The number of benzene rings is 1. The Hall–Kier alpha value is -1.20. The fourth-order valence-corrected chi connectivity index (χ4v) is 2.04. The molecule has 112 valence electrons. The highest BCUT2D eigenvalue weighted by atomic mass is 32.2. The van der Waals surface area contributed by atoms with E-state index in [4.69, 9.17) is 0 Å². The number of aliphatic imine (C=N–C) groups is 1. The predicted octanol–water partition coefficient (Wildman–Crippen LogP) is 1.81. The Labute approximate surface area is 126 Å². The first-order valence-electron chi connectivity index (χ1n) is 6.89. The van der Waals surface area contributed by atoms with Gasteiger partial charge in [0.25, 0.3) is 0 Å². The highest BCUT2D eigenvalue weighted by molar-refractivity contribution is 7.98. The number of rotatable bonds is 7. The molecule has 0 amide bonds. The largest absolute Gasteiger partial charge is 0.384 e. The second-order valence-corrected chi connectivity index (χ2v) is 5.74. The first-order valence-corrected chi connectivity index (χ1v) is 8.28. The standard InChI is InChI=1S/C15H25N3OS/c1-4-16-14(17-10-11-20-3)18-12-15(2,19)13-8-6-5-7-9-13/h5-9,19H,4,10-12H2,1-3H3,(H2,16,17,18). The molecular formula is C15H25N3OS. The van der Waals surface area contributed by atoms with Crippen molar-refractivity contribution in [2.75, 3.05) is 31.6 Å². The molecular weight excluding hydrogens is 270 g/mol. The monoisotopic (exact) mass is 295 g/mol. The van der Waals surface area contributed by atoms with Crippen LogP contribution in [0.4, 0.5) is 0 Å². The van der Waals surface area contributed by atoms with Crippen LogP contribution in [0.1, 0.15) is 19.4 Å². The molecule has 0 aromatic heterocycles. The van der Waals surface area contributed by atoms with Crippen LogP contribution in [0.3, 0.4) is 0 Å². The van der Waals surface area contributed by atoms with Crippen LogP contribution in [0.25, 0.3) is 0 Å². The molecule has 0 bridgehead atoms. The molecule has 1 aromatic carbocycles. The highest BCUT2D eigenvalue weighted by Gasteiger charge is 2.22. The SMILES string of the molecule is CCNC(=NCC(C)(O)c1ccccc1)NCCSC. The van der Waals surface area contributed by atoms with Gasteiger partial charge in [-0.3, -0.25) is 0 Å². The third kappa shape index (κ3) is 5.84. The summed E-state index contributed by atoms with van der Waals surface area (Å²) in [5, 5.41) is 16.9. The second-order valence-electron chi connectivity index (χ2n) is 4.75.